The van der Waals surface area contributed by atoms with Gasteiger partial charge in [-0.15, -0.1) is 0 Å². The minimum Gasteiger partial charge on any atom is -0.332 e. The molecular weight excluding hydrogens is 389 g/mol. The Morgan fingerprint density at radius 1 is 1.14 bits per heavy atom. The van der Waals surface area contributed by atoms with E-state index in [1.807, 2.05) is 43.3 Å². The summed E-state index contributed by atoms with van der Waals surface area (Å²) in [4.78, 5) is 21.7. The number of pyridine rings is 1. The van der Waals surface area contributed by atoms with Gasteiger partial charge in [-0.25, -0.2) is 23.7 Å². The lowest BCUT2D eigenvalue weighted by atomic mass is 10.3. The van der Waals surface area contributed by atoms with Gasteiger partial charge in [0.1, 0.15) is 5.82 Å². The van der Waals surface area contributed by atoms with Crippen LogP contribution in [0.25, 0.3) is 27.1 Å². The van der Waals surface area contributed by atoms with Crippen molar-refractivity contribution in [2.24, 2.45) is 0 Å². The number of aryl methyl sites for hydroxylation is 1. The molecule has 0 saturated carbocycles. The van der Waals surface area contributed by atoms with Gasteiger partial charge in [-0.1, -0.05) is 11.3 Å². The van der Waals surface area contributed by atoms with Crippen molar-refractivity contribution in [3.63, 3.8) is 0 Å². The fraction of sp³-hybridized carbons (Fsp3) is 0.0952. The lowest BCUT2D eigenvalue weighted by Crippen LogP contribution is -2.22. The predicted octanol–water partition coefficient (Wildman–Crippen LogP) is 4.70. The summed E-state index contributed by atoms with van der Waals surface area (Å²) in [5, 5.41) is 3.92. The summed E-state index contributed by atoms with van der Waals surface area (Å²) < 4.78 is 17.5. The van der Waals surface area contributed by atoms with Gasteiger partial charge in [-0.05, 0) is 61.5 Å². The van der Waals surface area contributed by atoms with Gasteiger partial charge in [0.15, 0.2) is 10.8 Å². The average molecular weight is 405 g/mol. The van der Waals surface area contributed by atoms with Gasteiger partial charge in [-0.3, -0.25) is 4.57 Å². The molecule has 0 aliphatic rings. The monoisotopic (exact) mass is 405 g/mol. The molecule has 0 radical (unpaired) electrons. The molecule has 0 bridgehead atoms. The Hall–Kier alpha value is -3.52. The lowest BCUT2D eigenvalue weighted by molar-refractivity contribution is 0.630. The highest BCUT2D eigenvalue weighted by atomic mass is 32.1. The fourth-order valence-electron chi connectivity index (χ4n) is 3.39. The number of imidazole rings is 1. The molecule has 0 fully saturated rings. The number of benzene rings is 2. The highest BCUT2D eigenvalue weighted by Crippen LogP contribution is 2.29. The summed E-state index contributed by atoms with van der Waals surface area (Å²) in [7, 11) is 0. The molecule has 0 saturated heterocycles. The number of hydrogen-bond acceptors (Lipinski definition) is 5. The van der Waals surface area contributed by atoms with Crippen LogP contribution in [0.4, 0.5) is 15.2 Å². The third-order valence-corrected chi connectivity index (χ3v) is 5.67. The molecule has 0 amide bonds. The number of anilines is 2. The molecule has 3 aromatic heterocycles. The number of nitrogens with zero attached hydrogens (tertiary/aromatic N) is 4. The van der Waals surface area contributed by atoms with Crippen LogP contribution in [0.2, 0.25) is 0 Å². The number of halogens is 1. The molecule has 0 aliphatic carbocycles. The molecule has 6 nitrogen and oxygen atoms in total. The van der Waals surface area contributed by atoms with Gasteiger partial charge in [0.25, 0.3) is 0 Å². The van der Waals surface area contributed by atoms with E-state index in [0.29, 0.717) is 17.3 Å². The van der Waals surface area contributed by atoms with Crippen LogP contribution in [0.5, 0.6) is 0 Å². The maximum Gasteiger partial charge on any atom is 0.334 e. The van der Waals surface area contributed by atoms with Crippen LogP contribution in [0.3, 0.4) is 0 Å². The number of nitrogens with one attached hydrogen (secondary N) is 1. The van der Waals surface area contributed by atoms with Crippen molar-refractivity contribution in [2.75, 3.05) is 5.32 Å². The Kier molecular flexibility index (Phi) is 4.13. The zero-order valence-corrected chi connectivity index (χ0v) is 16.3. The van der Waals surface area contributed by atoms with Gasteiger partial charge >= 0.3 is 5.69 Å². The SMILES string of the molecule is CCn1c(=O)n(-c2ccc(Nc3nc4ccc(F)cc4s3)cc2)c2ncccc21. The highest BCUT2D eigenvalue weighted by Gasteiger charge is 2.14. The molecule has 1 N–H and O–H groups in total. The smallest absolute Gasteiger partial charge is 0.332 e. The van der Waals surface area contributed by atoms with E-state index in [2.05, 4.69) is 15.3 Å². The molecule has 0 aliphatic heterocycles. The third-order valence-electron chi connectivity index (χ3n) is 4.73. The van der Waals surface area contributed by atoms with E-state index in [4.69, 9.17) is 0 Å². The maximum atomic E-state index is 13.4. The first-order valence-corrected chi connectivity index (χ1v) is 9.95. The topological polar surface area (TPSA) is 64.7 Å². The standard InChI is InChI=1S/C21H16FN5OS/c1-2-26-17-4-3-11-23-19(17)27(21(26)28)15-8-6-14(7-9-15)24-20-25-16-10-5-13(22)12-18(16)29-20/h3-12H,2H2,1H3,(H,24,25). The molecule has 5 rings (SSSR count). The summed E-state index contributed by atoms with van der Waals surface area (Å²) in [6.07, 6.45) is 1.68. The second kappa shape index (κ2) is 6.82. The minimum atomic E-state index is -0.276. The summed E-state index contributed by atoms with van der Waals surface area (Å²) in [6, 6.07) is 15.8. The Balaban J connectivity index is 1.50. The molecular formula is C21H16FN5OS. The number of hydrogen-bond donors (Lipinski definition) is 1. The van der Waals surface area contributed by atoms with E-state index in [9.17, 15) is 9.18 Å². The third kappa shape index (κ3) is 2.98. The van der Waals surface area contributed by atoms with Crippen LogP contribution < -0.4 is 11.0 Å². The normalized spacial score (nSPS) is 11.4. The van der Waals surface area contributed by atoms with Gasteiger partial charge in [0, 0.05) is 18.4 Å². The van der Waals surface area contributed by atoms with E-state index < -0.39 is 0 Å². The van der Waals surface area contributed by atoms with Crippen molar-refractivity contribution in [3.8, 4) is 5.69 Å². The molecule has 29 heavy (non-hydrogen) atoms. The maximum absolute atomic E-state index is 13.4. The van der Waals surface area contributed by atoms with Crippen molar-refractivity contribution in [2.45, 2.75) is 13.5 Å². The van der Waals surface area contributed by atoms with Gasteiger partial charge in [0.05, 0.1) is 21.4 Å². The highest BCUT2D eigenvalue weighted by molar-refractivity contribution is 7.22. The van der Waals surface area contributed by atoms with E-state index in [-0.39, 0.29) is 11.5 Å². The van der Waals surface area contributed by atoms with Gasteiger partial charge < -0.3 is 5.32 Å². The molecule has 0 atom stereocenters. The predicted molar refractivity (Wildman–Crippen MR) is 114 cm³/mol. The van der Waals surface area contributed by atoms with Crippen LogP contribution >= 0.6 is 11.3 Å². The fourth-order valence-corrected chi connectivity index (χ4v) is 4.30. The number of aromatic nitrogens is 4. The zero-order valence-electron chi connectivity index (χ0n) is 15.5. The second-order valence-electron chi connectivity index (χ2n) is 6.51. The largest absolute Gasteiger partial charge is 0.334 e. The summed E-state index contributed by atoms with van der Waals surface area (Å²) >= 11 is 1.39. The van der Waals surface area contributed by atoms with Gasteiger partial charge in [0.2, 0.25) is 0 Å². The number of rotatable bonds is 4. The Bertz CT molecular complexity index is 1400. The van der Waals surface area contributed by atoms with Crippen LogP contribution in [-0.2, 0) is 6.54 Å². The van der Waals surface area contributed by atoms with E-state index in [1.54, 1.807) is 21.4 Å². The van der Waals surface area contributed by atoms with Crippen molar-refractivity contribution in [1.29, 1.82) is 0 Å². The van der Waals surface area contributed by atoms with Crippen molar-refractivity contribution in [3.05, 3.63) is 77.1 Å². The Morgan fingerprint density at radius 3 is 2.76 bits per heavy atom. The quantitative estimate of drug-likeness (QED) is 0.471. The average Bonchev–Trinajstić information content (AvgIpc) is 3.25. The number of thiazole rings is 1. The molecule has 8 heteroatoms. The molecule has 144 valence electrons. The Labute approximate surface area is 168 Å². The molecule has 5 aromatic rings. The van der Waals surface area contributed by atoms with Crippen LogP contribution in [0.1, 0.15) is 6.92 Å². The summed E-state index contributed by atoms with van der Waals surface area (Å²) in [6.45, 7) is 2.51. The molecule has 0 spiro atoms. The number of fused-ring (bicyclic) bond motifs is 2. The van der Waals surface area contributed by atoms with E-state index >= 15 is 0 Å². The summed E-state index contributed by atoms with van der Waals surface area (Å²) in [5.74, 6) is -0.276. The molecule has 3 heterocycles. The van der Waals surface area contributed by atoms with Crippen LogP contribution in [0.15, 0.2) is 65.6 Å². The molecule has 2 aromatic carbocycles. The van der Waals surface area contributed by atoms with Crippen molar-refractivity contribution in [1.82, 2.24) is 19.1 Å². The van der Waals surface area contributed by atoms with E-state index in [0.717, 1.165) is 27.1 Å². The zero-order chi connectivity index (χ0) is 20.0. The molecule has 0 unspecified atom stereocenters. The van der Waals surface area contributed by atoms with Crippen molar-refractivity contribution >= 4 is 43.5 Å². The Morgan fingerprint density at radius 2 is 1.97 bits per heavy atom. The lowest BCUT2D eigenvalue weighted by Gasteiger charge is -2.06. The van der Waals surface area contributed by atoms with Gasteiger partial charge in [-0.2, -0.15) is 0 Å². The summed E-state index contributed by atoms with van der Waals surface area (Å²) in [5.41, 5.74) is 3.64. The van der Waals surface area contributed by atoms with E-state index in [1.165, 1.54) is 23.5 Å². The first kappa shape index (κ1) is 17.6. The van der Waals surface area contributed by atoms with Crippen molar-refractivity contribution < 1.29 is 4.39 Å². The minimum absolute atomic E-state index is 0.116. The van der Waals surface area contributed by atoms with Crippen LogP contribution in [-0.4, -0.2) is 19.1 Å². The first-order chi connectivity index (χ1) is 14.1. The second-order valence-corrected chi connectivity index (χ2v) is 7.54. The first-order valence-electron chi connectivity index (χ1n) is 9.14. The van der Waals surface area contributed by atoms with Crippen LogP contribution in [0, 0.1) is 5.82 Å².